The summed E-state index contributed by atoms with van der Waals surface area (Å²) in [6.07, 6.45) is 4.53. The summed E-state index contributed by atoms with van der Waals surface area (Å²) in [6.45, 7) is 5.44. The Morgan fingerprint density at radius 3 is 2.53 bits per heavy atom. The van der Waals surface area contributed by atoms with E-state index in [0.717, 1.165) is 10.2 Å². The van der Waals surface area contributed by atoms with Gasteiger partial charge in [-0.15, -0.1) is 0 Å². The highest BCUT2D eigenvalue weighted by Crippen LogP contribution is 2.29. The second-order valence-electron chi connectivity index (χ2n) is 9.16. The van der Waals surface area contributed by atoms with Crippen molar-refractivity contribution >= 4 is 16.5 Å². The molecule has 2 N–H and O–H groups in total. The van der Waals surface area contributed by atoms with Gasteiger partial charge in [0.15, 0.2) is 5.82 Å². The number of hydrogen-bond donors (Lipinski definition) is 2. The maximum absolute atomic E-state index is 15.1. The van der Waals surface area contributed by atoms with Crippen LogP contribution in [0.15, 0.2) is 52.4 Å². The van der Waals surface area contributed by atoms with E-state index in [-0.39, 0.29) is 22.2 Å². The standard InChI is InChI=1S/C25H26FN5O3/c1-25(2,3)16-8-14-11-29-31(24(34)21(14)19(26)10-16)22-18(13-32)17(6-7-28-22)15-9-20(27-4)23(33)30(5)12-15/h6-12,27,32H,13H2,1-5H3. The number of aliphatic hydroxyl groups excluding tert-OH is 1. The topological polar surface area (TPSA) is 102 Å². The number of halogens is 1. The third-order valence-corrected chi connectivity index (χ3v) is 5.86. The van der Waals surface area contributed by atoms with Crippen LogP contribution < -0.4 is 16.4 Å². The Morgan fingerprint density at radius 1 is 1.15 bits per heavy atom. The Bertz CT molecular complexity index is 1530. The molecule has 0 saturated carbocycles. The average molecular weight is 464 g/mol. The molecular weight excluding hydrogens is 437 g/mol. The van der Waals surface area contributed by atoms with Crippen molar-refractivity contribution in [2.75, 3.05) is 12.4 Å². The lowest BCUT2D eigenvalue weighted by Gasteiger charge is -2.20. The molecule has 0 unspecified atom stereocenters. The lowest BCUT2D eigenvalue weighted by Crippen LogP contribution is -2.25. The molecule has 0 radical (unpaired) electrons. The highest BCUT2D eigenvalue weighted by molar-refractivity contribution is 5.83. The summed E-state index contributed by atoms with van der Waals surface area (Å²) in [5.41, 5.74) is 1.47. The van der Waals surface area contributed by atoms with Crippen LogP contribution in [0.2, 0.25) is 0 Å². The summed E-state index contributed by atoms with van der Waals surface area (Å²) in [5, 5.41) is 17.6. The van der Waals surface area contributed by atoms with Crippen molar-refractivity contribution < 1.29 is 9.50 Å². The zero-order valence-corrected chi connectivity index (χ0v) is 19.7. The Hall–Kier alpha value is -3.85. The predicted octanol–water partition coefficient (Wildman–Crippen LogP) is 3.12. The van der Waals surface area contributed by atoms with E-state index >= 15 is 4.39 Å². The number of aliphatic hydroxyl groups is 1. The van der Waals surface area contributed by atoms with Crippen molar-refractivity contribution in [2.45, 2.75) is 32.8 Å². The number of nitrogens with zero attached hydrogens (tertiary/aromatic N) is 4. The van der Waals surface area contributed by atoms with E-state index in [0.29, 0.717) is 27.8 Å². The minimum absolute atomic E-state index is 0.0889. The number of rotatable bonds is 4. The molecule has 0 aliphatic carbocycles. The zero-order valence-electron chi connectivity index (χ0n) is 19.7. The van der Waals surface area contributed by atoms with Gasteiger partial charge in [-0.1, -0.05) is 20.8 Å². The van der Waals surface area contributed by atoms with Gasteiger partial charge in [0.2, 0.25) is 0 Å². The molecule has 0 bridgehead atoms. The maximum Gasteiger partial charge on any atom is 0.283 e. The Morgan fingerprint density at radius 2 is 1.88 bits per heavy atom. The minimum atomic E-state index is -0.675. The molecule has 9 heteroatoms. The van der Waals surface area contributed by atoms with E-state index in [4.69, 9.17) is 0 Å². The van der Waals surface area contributed by atoms with Crippen LogP contribution in [0, 0.1) is 5.82 Å². The van der Waals surface area contributed by atoms with Gasteiger partial charge in [-0.05, 0) is 40.8 Å². The maximum atomic E-state index is 15.1. The highest BCUT2D eigenvalue weighted by Gasteiger charge is 2.21. The van der Waals surface area contributed by atoms with Gasteiger partial charge in [0.1, 0.15) is 11.5 Å². The Balaban J connectivity index is 1.96. The van der Waals surface area contributed by atoms with Crippen molar-refractivity contribution in [3.05, 3.63) is 80.5 Å². The lowest BCUT2D eigenvalue weighted by molar-refractivity contribution is 0.281. The molecule has 0 saturated heterocycles. The normalized spacial score (nSPS) is 11.7. The van der Waals surface area contributed by atoms with Crippen molar-refractivity contribution in [3.63, 3.8) is 0 Å². The molecule has 0 atom stereocenters. The number of benzene rings is 1. The predicted molar refractivity (Wildman–Crippen MR) is 130 cm³/mol. The van der Waals surface area contributed by atoms with Crippen LogP contribution in [0.5, 0.6) is 0 Å². The van der Waals surface area contributed by atoms with Crippen LogP contribution in [-0.2, 0) is 19.1 Å². The van der Waals surface area contributed by atoms with Crippen molar-refractivity contribution in [3.8, 4) is 16.9 Å². The molecule has 3 aromatic heterocycles. The molecular formula is C25H26FN5O3. The molecule has 4 rings (SSSR count). The molecule has 0 aliphatic rings. The number of hydrogen-bond acceptors (Lipinski definition) is 6. The SMILES string of the molecule is CNc1cc(-c2ccnc(-n3ncc4cc(C(C)(C)C)cc(F)c4c3=O)c2CO)cn(C)c1=O. The number of anilines is 1. The molecule has 1 aromatic carbocycles. The first-order valence-electron chi connectivity index (χ1n) is 10.8. The summed E-state index contributed by atoms with van der Waals surface area (Å²) in [6, 6.07) is 6.47. The van der Waals surface area contributed by atoms with Crippen LogP contribution in [-0.4, -0.2) is 31.5 Å². The van der Waals surface area contributed by atoms with Crippen molar-refractivity contribution in [1.82, 2.24) is 19.3 Å². The van der Waals surface area contributed by atoms with Crippen LogP contribution in [0.25, 0.3) is 27.7 Å². The van der Waals surface area contributed by atoms with Crippen molar-refractivity contribution in [1.29, 1.82) is 0 Å². The summed E-state index contributed by atoms with van der Waals surface area (Å²) < 4.78 is 17.5. The summed E-state index contributed by atoms with van der Waals surface area (Å²) in [5.74, 6) is -0.548. The van der Waals surface area contributed by atoms with Crippen LogP contribution in [0.4, 0.5) is 10.1 Å². The van der Waals surface area contributed by atoms with Gasteiger partial charge in [0, 0.05) is 43.0 Å². The average Bonchev–Trinajstić information content (AvgIpc) is 2.79. The summed E-state index contributed by atoms with van der Waals surface area (Å²) >= 11 is 0. The van der Waals surface area contributed by atoms with E-state index in [9.17, 15) is 14.7 Å². The van der Waals surface area contributed by atoms with Crippen LogP contribution >= 0.6 is 0 Å². The second-order valence-corrected chi connectivity index (χ2v) is 9.16. The van der Waals surface area contributed by atoms with Gasteiger partial charge < -0.3 is 15.0 Å². The van der Waals surface area contributed by atoms with Crippen LogP contribution in [0.1, 0.15) is 31.9 Å². The quantitative estimate of drug-likeness (QED) is 0.482. The molecule has 176 valence electrons. The minimum Gasteiger partial charge on any atom is -0.392 e. The fraction of sp³-hybridized carbons (Fsp3) is 0.280. The molecule has 0 aliphatic heterocycles. The first kappa shape index (κ1) is 23.3. The summed E-state index contributed by atoms with van der Waals surface area (Å²) in [7, 11) is 3.26. The molecule has 0 fully saturated rings. The van der Waals surface area contributed by atoms with Crippen LogP contribution in [0.3, 0.4) is 0 Å². The Labute approximate surface area is 195 Å². The van der Waals surface area contributed by atoms with E-state index < -0.39 is 18.0 Å². The molecule has 8 nitrogen and oxygen atoms in total. The number of aromatic nitrogens is 4. The highest BCUT2D eigenvalue weighted by atomic mass is 19.1. The number of fused-ring (bicyclic) bond motifs is 1. The number of pyridine rings is 2. The third-order valence-electron chi connectivity index (χ3n) is 5.86. The fourth-order valence-electron chi connectivity index (χ4n) is 3.95. The smallest absolute Gasteiger partial charge is 0.283 e. The lowest BCUT2D eigenvalue weighted by atomic mass is 9.86. The van der Waals surface area contributed by atoms with E-state index in [2.05, 4.69) is 15.4 Å². The van der Waals surface area contributed by atoms with Crippen molar-refractivity contribution in [2.24, 2.45) is 7.05 Å². The molecule has 0 spiro atoms. The van der Waals surface area contributed by atoms with Gasteiger partial charge in [-0.3, -0.25) is 9.59 Å². The number of nitrogens with one attached hydrogen (secondary N) is 1. The van der Waals surface area contributed by atoms with Gasteiger partial charge in [-0.25, -0.2) is 9.37 Å². The monoisotopic (exact) mass is 463 g/mol. The second kappa shape index (κ2) is 8.49. The fourth-order valence-corrected chi connectivity index (χ4v) is 3.95. The number of aryl methyl sites for hydroxylation is 1. The van der Waals surface area contributed by atoms with Gasteiger partial charge in [0.25, 0.3) is 11.1 Å². The third kappa shape index (κ3) is 3.88. The first-order chi connectivity index (χ1) is 16.1. The van der Waals surface area contributed by atoms with E-state index in [1.54, 1.807) is 38.5 Å². The van der Waals surface area contributed by atoms with Gasteiger partial charge in [0.05, 0.1) is 18.2 Å². The van der Waals surface area contributed by atoms with Gasteiger partial charge in [-0.2, -0.15) is 9.78 Å². The first-order valence-corrected chi connectivity index (χ1v) is 10.8. The molecule has 3 heterocycles. The van der Waals surface area contributed by atoms with E-state index in [1.165, 1.54) is 23.0 Å². The summed E-state index contributed by atoms with van der Waals surface area (Å²) in [4.78, 5) is 29.8. The van der Waals surface area contributed by atoms with Gasteiger partial charge >= 0.3 is 0 Å². The molecule has 0 amide bonds. The molecule has 4 aromatic rings. The largest absolute Gasteiger partial charge is 0.392 e. The Kier molecular flexibility index (Phi) is 5.82. The molecule has 34 heavy (non-hydrogen) atoms. The van der Waals surface area contributed by atoms with E-state index in [1.807, 2.05) is 20.8 Å². The zero-order chi connectivity index (χ0) is 24.8.